The normalized spacial score (nSPS) is 18.4. The minimum absolute atomic E-state index is 0. The lowest BCUT2D eigenvalue weighted by Crippen LogP contribution is -2.50. The number of aliphatic hydroxyl groups excluding tert-OH is 1. The van der Waals surface area contributed by atoms with Crippen molar-refractivity contribution in [2.45, 2.75) is 51.9 Å². The van der Waals surface area contributed by atoms with Gasteiger partial charge in [0.25, 0.3) is 0 Å². The van der Waals surface area contributed by atoms with Gasteiger partial charge in [0, 0.05) is 71.2 Å². The van der Waals surface area contributed by atoms with E-state index in [9.17, 15) is 9.90 Å². The largest absolute Gasteiger partial charge is 0.396 e. The number of hydrogen-bond acceptors (Lipinski definition) is 6. The van der Waals surface area contributed by atoms with Gasteiger partial charge in [0.1, 0.15) is 0 Å². The molecule has 3 N–H and O–H groups in total. The van der Waals surface area contributed by atoms with Crippen LogP contribution in [0.25, 0.3) is 0 Å². The van der Waals surface area contributed by atoms with E-state index in [0.29, 0.717) is 26.1 Å². The van der Waals surface area contributed by atoms with Crippen molar-refractivity contribution < 1.29 is 9.90 Å². The molecule has 0 bridgehead atoms. The molecule has 1 aromatic heterocycles. The van der Waals surface area contributed by atoms with Crippen LogP contribution in [-0.2, 0) is 4.79 Å². The molecule has 1 saturated heterocycles. The first-order chi connectivity index (χ1) is 15.7. The Balaban J connectivity index is 0.00000385. The minimum atomic E-state index is 0. The summed E-state index contributed by atoms with van der Waals surface area (Å²) in [5.74, 6) is 1.64. The molecule has 0 aromatic carbocycles. The van der Waals surface area contributed by atoms with E-state index >= 15 is 0 Å². The summed E-state index contributed by atoms with van der Waals surface area (Å²) in [6.07, 6.45) is 10.7. The minimum Gasteiger partial charge on any atom is -0.396 e. The number of piperazine rings is 1. The molecule has 0 spiro atoms. The van der Waals surface area contributed by atoms with Gasteiger partial charge in [0.05, 0.1) is 0 Å². The number of aliphatic imine (C=N–C) groups is 1. The molecular formula is C23H40IN7O2. The number of carbonyl (C=O) groups is 1. The van der Waals surface area contributed by atoms with Gasteiger partial charge < -0.3 is 25.5 Å². The number of anilines is 1. The van der Waals surface area contributed by atoms with E-state index in [1.54, 1.807) is 12.4 Å². The highest BCUT2D eigenvalue weighted by atomic mass is 127. The molecule has 2 fully saturated rings. The van der Waals surface area contributed by atoms with Crippen LogP contribution in [0.3, 0.4) is 0 Å². The molecule has 1 aliphatic carbocycles. The van der Waals surface area contributed by atoms with Crippen LogP contribution in [0.4, 0.5) is 5.95 Å². The Hall–Kier alpha value is -1.69. The molecule has 1 amide bonds. The number of hydrogen-bond donors (Lipinski definition) is 3. The van der Waals surface area contributed by atoms with Crippen LogP contribution >= 0.6 is 24.0 Å². The lowest BCUT2D eigenvalue weighted by Gasteiger charge is -2.36. The van der Waals surface area contributed by atoms with Gasteiger partial charge in [-0.25, -0.2) is 9.97 Å². The highest BCUT2D eigenvalue weighted by Gasteiger charge is 2.31. The highest BCUT2D eigenvalue weighted by Crippen LogP contribution is 2.39. The number of nitrogens with one attached hydrogen (secondary N) is 2. The summed E-state index contributed by atoms with van der Waals surface area (Å²) in [6.45, 7) is 7.20. The van der Waals surface area contributed by atoms with E-state index in [0.717, 1.165) is 57.3 Å². The number of nitrogens with zero attached hydrogens (tertiary/aromatic N) is 5. The summed E-state index contributed by atoms with van der Waals surface area (Å²) >= 11 is 0. The van der Waals surface area contributed by atoms with Crippen molar-refractivity contribution in [2.24, 2.45) is 10.4 Å². The van der Waals surface area contributed by atoms with Gasteiger partial charge in [-0.2, -0.15) is 0 Å². The third-order valence-electron chi connectivity index (χ3n) is 6.57. The Labute approximate surface area is 214 Å². The Morgan fingerprint density at radius 1 is 1.12 bits per heavy atom. The second-order valence-electron chi connectivity index (χ2n) is 8.82. The van der Waals surface area contributed by atoms with Crippen LogP contribution in [0.1, 0.15) is 51.9 Å². The molecule has 0 radical (unpaired) electrons. The molecule has 0 atom stereocenters. The fraction of sp³-hybridized carbons (Fsp3) is 0.739. The SMILES string of the molecule is CCNC(=NCC1(CCO)CCCCC1)NCCC(=O)N1CCN(c2ncccn2)CC1.I. The average Bonchev–Trinajstić information content (AvgIpc) is 2.84. The van der Waals surface area contributed by atoms with E-state index in [1.807, 2.05) is 17.9 Å². The molecule has 1 aromatic rings. The van der Waals surface area contributed by atoms with E-state index in [-0.39, 0.29) is 41.9 Å². The number of halogens is 1. The molecule has 0 unspecified atom stereocenters. The van der Waals surface area contributed by atoms with E-state index in [2.05, 4.69) is 25.5 Å². The fourth-order valence-electron chi connectivity index (χ4n) is 4.67. The van der Waals surface area contributed by atoms with Crippen molar-refractivity contribution >= 4 is 41.8 Å². The smallest absolute Gasteiger partial charge is 0.225 e. The van der Waals surface area contributed by atoms with Gasteiger partial charge in [-0.3, -0.25) is 9.79 Å². The first-order valence-corrected chi connectivity index (χ1v) is 12.1. The second kappa shape index (κ2) is 14.5. The zero-order valence-electron chi connectivity index (χ0n) is 19.8. The molecule has 1 saturated carbocycles. The number of carbonyl (C=O) groups excluding carboxylic acids is 1. The third-order valence-corrected chi connectivity index (χ3v) is 6.57. The summed E-state index contributed by atoms with van der Waals surface area (Å²) < 4.78 is 0. The molecular weight excluding hydrogens is 533 g/mol. The molecule has 1 aliphatic heterocycles. The maximum absolute atomic E-state index is 12.7. The van der Waals surface area contributed by atoms with Crippen LogP contribution in [0.5, 0.6) is 0 Å². The molecule has 9 nitrogen and oxygen atoms in total. The maximum Gasteiger partial charge on any atom is 0.225 e. The van der Waals surface area contributed by atoms with Crippen molar-refractivity contribution in [3.8, 4) is 0 Å². The van der Waals surface area contributed by atoms with Crippen molar-refractivity contribution in [3.63, 3.8) is 0 Å². The van der Waals surface area contributed by atoms with Gasteiger partial charge in [-0.15, -0.1) is 24.0 Å². The number of amides is 1. The van der Waals surface area contributed by atoms with Gasteiger partial charge in [0.15, 0.2) is 5.96 Å². The summed E-state index contributed by atoms with van der Waals surface area (Å²) in [6, 6.07) is 1.81. The molecule has 3 rings (SSSR count). The third kappa shape index (κ3) is 8.55. The Morgan fingerprint density at radius 3 is 2.45 bits per heavy atom. The van der Waals surface area contributed by atoms with E-state index in [4.69, 9.17) is 4.99 Å². The molecule has 186 valence electrons. The topological polar surface area (TPSA) is 106 Å². The zero-order valence-corrected chi connectivity index (χ0v) is 22.2. The number of guanidine groups is 1. The van der Waals surface area contributed by atoms with E-state index < -0.39 is 0 Å². The molecule has 33 heavy (non-hydrogen) atoms. The summed E-state index contributed by atoms with van der Waals surface area (Å²) in [5, 5.41) is 16.1. The molecule has 2 aliphatic rings. The second-order valence-corrected chi connectivity index (χ2v) is 8.82. The lowest BCUT2D eigenvalue weighted by molar-refractivity contribution is -0.131. The molecule has 10 heteroatoms. The number of aromatic nitrogens is 2. The van der Waals surface area contributed by atoms with Crippen molar-refractivity contribution in [2.75, 3.05) is 57.3 Å². The first-order valence-electron chi connectivity index (χ1n) is 12.1. The highest BCUT2D eigenvalue weighted by molar-refractivity contribution is 14.0. The predicted octanol–water partition coefficient (Wildman–Crippen LogP) is 2.02. The summed E-state index contributed by atoms with van der Waals surface area (Å²) in [5.41, 5.74) is 0.118. The Bertz CT molecular complexity index is 715. The zero-order chi connectivity index (χ0) is 22.7. The number of rotatable bonds is 9. The first kappa shape index (κ1) is 27.6. The molecule has 2 heterocycles. The average molecular weight is 574 g/mol. The van der Waals surface area contributed by atoms with Gasteiger partial charge in [-0.05, 0) is 37.7 Å². The van der Waals surface area contributed by atoms with Crippen molar-refractivity contribution in [1.29, 1.82) is 0 Å². The van der Waals surface area contributed by atoms with Gasteiger partial charge in [0.2, 0.25) is 11.9 Å². The standard InChI is InChI=1S/C23H39N7O2.HI/c1-2-24-21(28-19-23(10-18-31)8-4-3-5-9-23)25-13-7-20(32)29-14-16-30(17-15-29)22-26-11-6-12-27-22;/h6,11-12,31H,2-5,7-10,13-19H2,1H3,(H2,24,25,28);1H. The van der Waals surface area contributed by atoms with E-state index in [1.165, 1.54) is 19.3 Å². The predicted molar refractivity (Wildman–Crippen MR) is 142 cm³/mol. The summed E-state index contributed by atoms with van der Waals surface area (Å²) in [7, 11) is 0. The van der Waals surface area contributed by atoms with Gasteiger partial charge >= 0.3 is 0 Å². The lowest BCUT2D eigenvalue weighted by atomic mass is 9.72. The van der Waals surface area contributed by atoms with Crippen LogP contribution in [0, 0.1) is 5.41 Å². The fourth-order valence-corrected chi connectivity index (χ4v) is 4.67. The van der Waals surface area contributed by atoms with Crippen molar-refractivity contribution in [1.82, 2.24) is 25.5 Å². The van der Waals surface area contributed by atoms with Crippen molar-refractivity contribution in [3.05, 3.63) is 18.5 Å². The summed E-state index contributed by atoms with van der Waals surface area (Å²) in [4.78, 5) is 30.1. The van der Waals surface area contributed by atoms with Crippen LogP contribution in [0.15, 0.2) is 23.5 Å². The van der Waals surface area contributed by atoms with Crippen LogP contribution < -0.4 is 15.5 Å². The quantitative estimate of drug-likeness (QED) is 0.236. The number of aliphatic hydroxyl groups is 1. The van der Waals surface area contributed by atoms with Gasteiger partial charge in [-0.1, -0.05) is 19.3 Å². The monoisotopic (exact) mass is 573 g/mol. The van der Waals surface area contributed by atoms with Crippen LogP contribution in [-0.4, -0.2) is 84.3 Å². The van der Waals surface area contributed by atoms with Crippen LogP contribution in [0.2, 0.25) is 0 Å². The Morgan fingerprint density at radius 2 is 1.82 bits per heavy atom. The maximum atomic E-state index is 12.7. The Kier molecular flexibility index (Phi) is 12.1.